The first-order chi connectivity index (χ1) is 27.4. The summed E-state index contributed by atoms with van der Waals surface area (Å²) in [5.74, 6) is 2.90. The van der Waals surface area contributed by atoms with Crippen molar-refractivity contribution >= 4 is 22.6 Å². The molecule has 4 fully saturated rings. The van der Waals surface area contributed by atoms with Crippen LogP contribution in [0.15, 0.2) is 158 Å². The first-order valence-corrected chi connectivity index (χ1v) is 21.2. The van der Waals surface area contributed by atoms with Crippen molar-refractivity contribution in [2.45, 2.75) is 76.0 Å². The quantitative estimate of drug-likeness (QED) is 0.158. The van der Waals surface area contributed by atoms with E-state index in [4.69, 9.17) is 0 Å². The summed E-state index contributed by atoms with van der Waals surface area (Å²) in [4.78, 5) is 2.44. The third kappa shape index (κ3) is 5.65. The molecule has 6 aromatic rings. The maximum Gasteiger partial charge on any atom is 0.0465 e. The summed E-state index contributed by atoms with van der Waals surface area (Å²) < 4.78 is 0. The smallest absolute Gasteiger partial charge is 0.0465 e. The molecule has 0 atom stereocenters. The number of fused-ring (bicyclic) bond motifs is 3. The molecule has 6 aliphatic carbocycles. The van der Waals surface area contributed by atoms with Gasteiger partial charge in [0.15, 0.2) is 0 Å². The standard InChI is InChI=1S/C55H51N/c1-54(2)52-11-7-6-10-50(52)51-29-28-49(33-53(51)54)56(47-24-18-44(19-25-47)42-14-12-41(13-15-42)40-8-4-3-5-9-40)48-26-20-45(21-27-48)43-16-22-46(23-17-43)55-34-37-30-38(35-55)32-39(31-37)36-55/h4,6-29,33,37-39H,3,5,30-32,34-36H2,1-2H3. The van der Waals surface area contributed by atoms with Crippen molar-refractivity contribution in [1.29, 1.82) is 0 Å². The van der Waals surface area contributed by atoms with Crippen LogP contribution in [-0.2, 0) is 10.8 Å². The molecule has 0 saturated heterocycles. The third-order valence-electron chi connectivity index (χ3n) is 14.5. The van der Waals surface area contributed by atoms with Gasteiger partial charge in [-0.2, -0.15) is 0 Å². The number of nitrogens with zero attached hydrogens (tertiary/aromatic N) is 1. The monoisotopic (exact) mass is 725 g/mol. The Labute approximate surface area is 333 Å². The highest BCUT2D eigenvalue weighted by Crippen LogP contribution is 2.61. The molecule has 0 unspecified atom stereocenters. The van der Waals surface area contributed by atoms with E-state index in [1.54, 1.807) is 5.56 Å². The molecule has 12 rings (SSSR count). The zero-order valence-corrected chi connectivity index (χ0v) is 32.8. The lowest BCUT2D eigenvalue weighted by atomic mass is 9.48. The Kier molecular flexibility index (Phi) is 7.92. The van der Waals surface area contributed by atoms with E-state index >= 15 is 0 Å². The van der Waals surface area contributed by atoms with Crippen LogP contribution in [0, 0.1) is 17.8 Å². The van der Waals surface area contributed by atoms with Crippen LogP contribution in [0.3, 0.4) is 0 Å². The van der Waals surface area contributed by atoms with E-state index in [1.807, 2.05) is 0 Å². The van der Waals surface area contributed by atoms with E-state index in [2.05, 4.69) is 177 Å². The van der Waals surface area contributed by atoms with E-state index in [-0.39, 0.29) is 5.41 Å². The number of hydrogen-bond acceptors (Lipinski definition) is 1. The molecule has 1 heteroatoms. The van der Waals surface area contributed by atoms with E-state index in [1.165, 1.54) is 99.9 Å². The lowest BCUT2D eigenvalue weighted by molar-refractivity contribution is -0.00518. The molecular weight excluding hydrogens is 675 g/mol. The topological polar surface area (TPSA) is 3.24 Å². The summed E-state index contributed by atoms with van der Waals surface area (Å²) in [6, 6.07) is 53.3. The lowest BCUT2D eigenvalue weighted by Gasteiger charge is -2.57. The molecule has 276 valence electrons. The number of hydrogen-bond donors (Lipinski definition) is 0. The molecule has 0 aliphatic heterocycles. The minimum Gasteiger partial charge on any atom is -0.310 e. The molecular formula is C55H51N. The Balaban J connectivity index is 0.923. The fourth-order valence-corrected chi connectivity index (χ4v) is 12.0. The molecule has 0 amide bonds. The molecule has 6 aliphatic rings. The number of allylic oxidation sites excluding steroid dienone is 4. The lowest BCUT2D eigenvalue weighted by Crippen LogP contribution is -2.48. The number of benzene rings is 6. The summed E-state index contributed by atoms with van der Waals surface area (Å²) in [6.45, 7) is 4.74. The first kappa shape index (κ1) is 33.9. The van der Waals surface area contributed by atoms with Gasteiger partial charge in [0, 0.05) is 22.5 Å². The largest absolute Gasteiger partial charge is 0.310 e. The molecule has 0 radical (unpaired) electrons. The van der Waals surface area contributed by atoms with Crippen molar-refractivity contribution in [3.63, 3.8) is 0 Å². The van der Waals surface area contributed by atoms with Gasteiger partial charge in [0.2, 0.25) is 0 Å². The van der Waals surface area contributed by atoms with Gasteiger partial charge in [0.1, 0.15) is 0 Å². The average Bonchev–Trinajstić information content (AvgIpc) is 3.47. The normalized spacial score (nSPS) is 23.8. The van der Waals surface area contributed by atoms with Gasteiger partial charge in [-0.3, -0.25) is 0 Å². The highest BCUT2D eigenvalue weighted by molar-refractivity contribution is 5.86. The molecule has 4 saturated carbocycles. The molecule has 0 N–H and O–H groups in total. The van der Waals surface area contributed by atoms with Crippen LogP contribution >= 0.6 is 0 Å². The summed E-state index contributed by atoms with van der Waals surface area (Å²) in [6.07, 6.45) is 17.9. The minimum absolute atomic E-state index is 0.0702. The Morgan fingerprint density at radius 3 is 1.55 bits per heavy atom. The van der Waals surface area contributed by atoms with E-state index in [0.717, 1.165) is 42.0 Å². The third-order valence-corrected chi connectivity index (χ3v) is 14.5. The fraction of sp³-hybridized carbons (Fsp3) is 0.273. The maximum atomic E-state index is 2.48. The zero-order chi connectivity index (χ0) is 37.4. The van der Waals surface area contributed by atoms with E-state index < -0.39 is 0 Å². The molecule has 0 aromatic heterocycles. The SMILES string of the molecule is CC1(C)c2ccccc2-c2ccc(N(c3ccc(-c4ccc(C5=CCCC=C5)cc4)cc3)c3ccc(-c4ccc(C56CC7CC(CC(C7)C5)C6)cc4)cc3)cc21. The Bertz CT molecular complexity index is 2460. The van der Waals surface area contributed by atoms with Crippen LogP contribution in [0.4, 0.5) is 17.1 Å². The summed E-state index contributed by atoms with van der Waals surface area (Å²) in [5, 5.41) is 0. The second-order valence-electron chi connectivity index (χ2n) is 18.3. The average molecular weight is 726 g/mol. The minimum atomic E-state index is -0.0702. The van der Waals surface area contributed by atoms with Gasteiger partial charge < -0.3 is 4.90 Å². The van der Waals surface area contributed by atoms with Crippen LogP contribution in [0.5, 0.6) is 0 Å². The highest BCUT2D eigenvalue weighted by Gasteiger charge is 2.51. The van der Waals surface area contributed by atoms with Crippen molar-refractivity contribution in [2.24, 2.45) is 17.8 Å². The second kappa shape index (κ2) is 13.1. The number of anilines is 3. The van der Waals surface area contributed by atoms with Crippen LogP contribution in [0.25, 0.3) is 39.0 Å². The van der Waals surface area contributed by atoms with Crippen molar-refractivity contribution in [3.05, 3.63) is 180 Å². The molecule has 1 nitrogen and oxygen atoms in total. The molecule has 4 bridgehead atoms. The predicted octanol–water partition coefficient (Wildman–Crippen LogP) is 15.0. The van der Waals surface area contributed by atoms with Crippen LogP contribution in [0.2, 0.25) is 0 Å². The van der Waals surface area contributed by atoms with Crippen molar-refractivity contribution < 1.29 is 0 Å². The summed E-state index contributed by atoms with van der Waals surface area (Å²) in [7, 11) is 0. The van der Waals surface area contributed by atoms with Gasteiger partial charge in [-0.05, 0) is 172 Å². The molecule has 6 aromatic carbocycles. The van der Waals surface area contributed by atoms with Gasteiger partial charge in [-0.25, -0.2) is 0 Å². The van der Waals surface area contributed by atoms with Gasteiger partial charge >= 0.3 is 0 Å². The van der Waals surface area contributed by atoms with Crippen LogP contribution in [0.1, 0.15) is 87.5 Å². The molecule has 0 heterocycles. The Hall–Kier alpha value is -5.40. The van der Waals surface area contributed by atoms with Crippen molar-refractivity contribution in [1.82, 2.24) is 0 Å². The Morgan fingerprint density at radius 1 is 0.482 bits per heavy atom. The van der Waals surface area contributed by atoms with Gasteiger partial charge in [-0.15, -0.1) is 0 Å². The maximum absolute atomic E-state index is 2.48. The van der Waals surface area contributed by atoms with Crippen LogP contribution in [-0.4, -0.2) is 0 Å². The zero-order valence-electron chi connectivity index (χ0n) is 32.8. The molecule has 56 heavy (non-hydrogen) atoms. The van der Waals surface area contributed by atoms with Crippen molar-refractivity contribution in [2.75, 3.05) is 4.90 Å². The van der Waals surface area contributed by atoms with Gasteiger partial charge in [0.05, 0.1) is 0 Å². The van der Waals surface area contributed by atoms with Gasteiger partial charge in [-0.1, -0.05) is 135 Å². The predicted molar refractivity (Wildman–Crippen MR) is 236 cm³/mol. The van der Waals surface area contributed by atoms with E-state index in [9.17, 15) is 0 Å². The first-order valence-electron chi connectivity index (χ1n) is 21.2. The fourth-order valence-electron chi connectivity index (χ4n) is 12.0. The second-order valence-corrected chi connectivity index (χ2v) is 18.3. The molecule has 0 spiro atoms. The van der Waals surface area contributed by atoms with Crippen molar-refractivity contribution in [3.8, 4) is 33.4 Å². The number of rotatable bonds is 7. The van der Waals surface area contributed by atoms with E-state index in [0.29, 0.717) is 5.41 Å². The van der Waals surface area contributed by atoms with Crippen LogP contribution < -0.4 is 4.90 Å². The summed E-state index contributed by atoms with van der Waals surface area (Å²) >= 11 is 0. The highest BCUT2D eigenvalue weighted by atomic mass is 15.1. The summed E-state index contributed by atoms with van der Waals surface area (Å²) in [5.41, 5.74) is 18.6. The van der Waals surface area contributed by atoms with Gasteiger partial charge in [0.25, 0.3) is 0 Å². The Morgan fingerprint density at radius 2 is 0.982 bits per heavy atom.